The third-order valence-electron chi connectivity index (χ3n) is 5.64. The molecule has 2 aromatic carbocycles. The van der Waals surface area contributed by atoms with E-state index in [9.17, 15) is 18.0 Å². The van der Waals surface area contributed by atoms with Gasteiger partial charge in [0.25, 0.3) is 10.0 Å². The second kappa shape index (κ2) is 10.3. The molecule has 1 N–H and O–H groups in total. The summed E-state index contributed by atoms with van der Waals surface area (Å²) in [4.78, 5) is 27.4. The van der Waals surface area contributed by atoms with E-state index in [2.05, 4.69) is 9.71 Å². The molecule has 0 aromatic heterocycles. The summed E-state index contributed by atoms with van der Waals surface area (Å²) in [6, 6.07) is 14.6. The molecule has 1 saturated heterocycles. The summed E-state index contributed by atoms with van der Waals surface area (Å²) in [5.41, 5.74) is 0.640. The topological polar surface area (TPSA) is 95.9 Å². The first-order valence-electron chi connectivity index (χ1n) is 10.8. The van der Waals surface area contributed by atoms with E-state index in [0.29, 0.717) is 10.7 Å². The number of amides is 2. The standard InChI is InChI=1S/C23H24ClN3O4S2/c24-16-11-13-19(14-12-16)33(30,31)26-23-27(18-9-5-2-6-10-18)22(29)20(32-23)15-21(28)25-17-7-3-1-4-8-17/h1,3-4,7-8,11-14,18,20H,2,5-6,9-10,15H2,(H,25,28)/b26-23+. The molecule has 0 spiro atoms. The zero-order valence-electron chi connectivity index (χ0n) is 17.8. The second-order valence-corrected chi connectivity index (χ2v) is 11.2. The highest BCUT2D eigenvalue weighted by Crippen LogP contribution is 2.36. The third kappa shape index (κ3) is 5.77. The number of rotatable bonds is 6. The summed E-state index contributed by atoms with van der Waals surface area (Å²) in [7, 11) is -4.04. The van der Waals surface area contributed by atoms with Crippen LogP contribution in [0.1, 0.15) is 38.5 Å². The number of halogens is 1. The van der Waals surface area contributed by atoms with E-state index in [-0.39, 0.29) is 34.3 Å². The minimum absolute atomic E-state index is 0.00122. The largest absolute Gasteiger partial charge is 0.326 e. The highest BCUT2D eigenvalue weighted by Gasteiger charge is 2.43. The fourth-order valence-corrected chi connectivity index (χ4v) is 6.55. The molecule has 7 nitrogen and oxygen atoms in total. The molecular formula is C23H24ClN3O4S2. The lowest BCUT2D eigenvalue weighted by Crippen LogP contribution is -2.42. The second-order valence-electron chi connectivity index (χ2n) is 8.03. The smallest absolute Gasteiger partial charge is 0.284 e. The molecule has 1 heterocycles. The van der Waals surface area contributed by atoms with Gasteiger partial charge in [0.15, 0.2) is 5.17 Å². The molecule has 1 atom stereocenters. The molecule has 1 aliphatic heterocycles. The van der Waals surface area contributed by atoms with Crippen molar-refractivity contribution in [2.45, 2.75) is 54.7 Å². The maximum atomic E-state index is 13.3. The summed E-state index contributed by atoms with van der Waals surface area (Å²) in [6.07, 6.45) is 4.53. The average Bonchev–Trinajstić information content (AvgIpc) is 3.09. The van der Waals surface area contributed by atoms with Crippen molar-refractivity contribution in [2.24, 2.45) is 4.40 Å². The van der Waals surface area contributed by atoms with Crippen LogP contribution in [0.25, 0.3) is 0 Å². The van der Waals surface area contributed by atoms with Crippen LogP contribution < -0.4 is 5.32 Å². The third-order valence-corrected chi connectivity index (χ3v) is 8.44. The van der Waals surface area contributed by atoms with E-state index in [1.807, 2.05) is 18.2 Å². The zero-order valence-corrected chi connectivity index (χ0v) is 20.2. The maximum absolute atomic E-state index is 13.3. The average molecular weight is 506 g/mol. The lowest BCUT2D eigenvalue weighted by molar-refractivity contribution is -0.130. The van der Waals surface area contributed by atoms with Crippen molar-refractivity contribution < 1.29 is 18.0 Å². The Morgan fingerprint density at radius 3 is 2.39 bits per heavy atom. The number of anilines is 1. The van der Waals surface area contributed by atoms with Gasteiger partial charge in [0.2, 0.25) is 11.8 Å². The number of thioether (sulfide) groups is 1. The minimum atomic E-state index is -4.04. The van der Waals surface area contributed by atoms with Gasteiger partial charge >= 0.3 is 0 Å². The molecule has 2 amide bonds. The van der Waals surface area contributed by atoms with Crippen LogP contribution in [0.2, 0.25) is 5.02 Å². The van der Waals surface area contributed by atoms with Crippen molar-refractivity contribution in [2.75, 3.05) is 5.32 Å². The van der Waals surface area contributed by atoms with E-state index in [4.69, 9.17) is 11.6 Å². The molecule has 0 bridgehead atoms. The SMILES string of the molecule is O=C(CC1S/C(=N/S(=O)(=O)c2ccc(Cl)cc2)N(C2CCCCC2)C1=O)Nc1ccccc1. The predicted molar refractivity (Wildman–Crippen MR) is 131 cm³/mol. The lowest BCUT2D eigenvalue weighted by Gasteiger charge is -2.30. The first kappa shape index (κ1) is 23.8. The Bertz CT molecular complexity index is 1150. The number of hydrogen-bond acceptors (Lipinski definition) is 5. The maximum Gasteiger partial charge on any atom is 0.284 e. The van der Waals surface area contributed by atoms with Crippen molar-refractivity contribution in [3.8, 4) is 0 Å². The van der Waals surface area contributed by atoms with E-state index < -0.39 is 15.3 Å². The van der Waals surface area contributed by atoms with Crippen molar-refractivity contribution in [3.63, 3.8) is 0 Å². The number of nitrogens with one attached hydrogen (secondary N) is 1. The van der Waals surface area contributed by atoms with Crippen LogP contribution in [0, 0.1) is 0 Å². The Labute approximate surface area is 202 Å². The van der Waals surface area contributed by atoms with Crippen LogP contribution in [0.5, 0.6) is 0 Å². The molecule has 0 radical (unpaired) electrons. The van der Waals surface area contributed by atoms with Gasteiger partial charge in [-0.15, -0.1) is 4.40 Å². The number of sulfonamides is 1. The Morgan fingerprint density at radius 1 is 1.06 bits per heavy atom. The number of para-hydroxylation sites is 1. The highest BCUT2D eigenvalue weighted by atomic mass is 35.5. The van der Waals surface area contributed by atoms with Crippen LogP contribution in [0.4, 0.5) is 5.69 Å². The van der Waals surface area contributed by atoms with Gasteiger partial charge in [-0.25, -0.2) is 0 Å². The van der Waals surface area contributed by atoms with E-state index in [1.165, 1.54) is 29.2 Å². The van der Waals surface area contributed by atoms with Crippen molar-refractivity contribution in [1.82, 2.24) is 4.90 Å². The number of benzene rings is 2. The fraction of sp³-hybridized carbons (Fsp3) is 0.348. The highest BCUT2D eigenvalue weighted by molar-refractivity contribution is 8.16. The number of nitrogens with zero attached hydrogens (tertiary/aromatic N) is 2. The lowest BCUT2D eigenvalue weighted by atomic mass is 9.94. The van der Waals surface area contributed by atoms with Gasteiger partial charge in [-0.2, -0.15) is 8.42 Å². The Kier molecular flexibility index (Phi) is 7.41. The number of hydrogen-bond donors (Lipinski definition) is 1. The molecule has 1 aliphatic carbocycles. The first-order chi connectivity index (χ1) is 15.8. The van der Waals surface area contributed by atoms with Gasteiger partial charge in [-0.05, 0) is 49.2 Å². The van der Waals surface area contributed by atoms with Gasteiger partial charge in [0.1, 0.15) is 5.25 Å². The van der Waals surface area contributed by atoms with Crippen LogP contribution in [-0.4, -0.2) is 41.6 Å². The van der Waals surface area contributed by atoms with Gasteiger partial charge in [-0.1, -0.05) is 60.8 Å². The summed E-state index contributed by atoms with van der Waals surface area (Å²) in [6.45, 7) is 0. The molecule has 10 heteroatoms. The molecule has 1 saturated carbocycles. The normalized spacial score (nSPS) is 20.9. The molecule has 1 unspecified atom stereocenters. The molecule has 4 rings (SSSR count). The summed E-state index contributed by atoms with van der Waals surface area (Å²) in [5, 5.41) is 2.61. The first-order valence-corrected chi connectivity index (χ1v) is 13.5. The molecular weight excluding hydrogens is 482 g/mol. The van der Waals surface area contributed by atoms with Crippen molar-refractivity contribution in [1.29, 1.82) is 0 Å². The fourth-order valence-electron chi connectivity index (χ4n) is 4.02. The van der Waals surface area contributed by atoms with E-state index in [0.717, 1.165) is 43.9 Å². The van der Waals surface area contributed by atoms with Gasteiger partial charge in [0, 0.05) is 23.2 Å². The van der Waals surface area contributed by atoms with Crippen molar-refractivity contribution >= 4 is 56.1 Å². The molecule has 2 aromatic rings. The molecule has 2 fully saturated rings. The number of carbonyl (C=O) groups is 2. The van der Waals surface area contributed by atoms with Gasteiger partial charge in [0.05, 0.1) is 4.90 Å². The number of amidine groups is 1. The molecule has 33 heavy (non-hydrogen) atoms. The Balaban J connectivity index is 1.58. The quantitative estimate of drug-likeness (QED) is 0.614. The summed E-state index contributed by atoms with van der Waals surface area (Å²) in [5.74, 6) is -0.572. The summed E-state index contributed by atoms with van der Waals surface area (Å²) >= 11 is 6.92. The van der Waals surface area contributed by atoms with Crippen LogP contribution >= 0.6 is 23.4 Å². The monoisotopic (exact) mass is 505 g/mol. The van der Waals surface area contributed by atoms with Crippen molar-refractivity contribution in [3.05, 3.63) is 59.6 Å². The number of carbonyl (C=O) groups excluding carboxylic acids is 2. The van der Waals surface area contributed by atoms with Gasteiger partial charge < -0.3 is 5.32 Å². The Hall–Kier alpha value is -2.36. The molecule has 174 valence electrons. The van der Waals surface area contributed by atoms with Gasteiger partial charge in [-0.3, -0.25) is 14.5 Å². The molecule has 2 aliphatic rings. The predicted octanol–water partition coefficient (Wildman–Crippen LogP) is 4.69. The van der Waals surface area contributed by atoms with E-state index >= 15 is 0 Å². The van der Waals surface area contributed by atoms with Crippen LogP contribution in [0.15, 0.2) is 63.9 Å². The van der Waals surface area contributed by atoms with Crippen LogP contribution in [0.3, 0.4) is 0 Å². The summed E-state index contributed by atoms with van der Waals surface area (Å²) < 4.78 is 29.9. The minimum Gasteiger partial charge on any atom is -0.326 e. The zero-order chi connectivity index (χ0) is 23.4. The Morgan fingerprint density at radius 2 is 1.73 bits per heavy atom. The van der Waals surface area contributed by atoms with Crippen LogP contribution in [-0.2, 0) is 19.6 Å². The van der Waals surface area contributed by atoms with E-state index in [1.54, 1.807) is 12.1 Å².